The number of carbonyl (C=O) groups excluding carboxylic acids is 1. The zero-order valence-corrected chi connectivity index (χ0v) is 15.4. The predicted molar refractivity (Wildman–Crippen MR) is 98.2 cm³/mol. The van der Waals surface area contributed by atoms with E-state index < -0.39 is 0 Å². The summed E-state index contributed by atoms with van der Waals surface area (Å²) in [5.74, 6) is 0.745. The van der Waals surface area contributed by atoms with E-state index in [4.69, 9.17) is 44.3 Å². The minimum absolute atomic E-state index is 0.300. The van der Waals surface area contributed by atoms with Crippen molar-refractivity contribution in [1.82, 2.24) is 0 Å². The first-order valence-corrected chi connectivity index (χ1v) is 8.45. The number of carbonyl (C=O) groups is 1. The summed E-state index contributed by atoms with van der Waals surface area (Å²) in [5.41, 5.74) is 0.784. The van der Waals surface area contributed by atoms with Crippen LogP contribution >= 0.6 is 34.8 Å². The third-order valence-electron chi connectivity index (χ3n) is 3.06. The van der Waals surface area contributed by atoms with Gasteiger partial charge in [-0.1, -0.05) is 34.8 Å². The fourth-order valence-corrected chi connectivity index (χ4v) is 2.60. The van der Waals surface area contributed by atoms with Crippen LogP contribution in [0.4, 0.5) is 5.69 Å². The van der Waals surface area contributed by atoms with E-state index in [0.29, 0.717) is 51.0 Å². The van der Waals surface area contributed by atoms with Crippen LogP contribution in [0.1, 0.15) is 24.2 Å². The van der Waals surface area contributed by atoms with Gasteiger partial charge in [-0.2, -0.15) is 0 Å². The fraction of sp³-hybridized carbons (Fsp3) is 0.235. The first-order valence-electron chi connectivity index (χ1n) is 7.31. The van der Waals surface area contributed by atoms with E-state index >= 15 is 0 Å². The Labute approximate surface area is 155 Å². The van der Waals surface area contributed by atoms with Crippen LogP contribution in [0.3, 0.4) is 0 Å². The lowest BCUT2D eigenvalue weighted by Crippen LogP contribution is -2.13. The molecule has 128 valence electrons. The number of rotatable bonds is 6. The van der Waals surface area contributed by atoms with Gasteiger partial charge in [0.2, 0.25) is 0 Å². The summed E-state index contributed by atoms with van der Waals surface area (Å²) in [6.45, 7) is 4.70. The summed E-state index contributed by atoms with van der Waals surface area (Å²) in [6.07, 6.45) is 0. The molecule has 0 aromatic heterocycles. The maximum atomic E-state index is 12.4. The molecular formula is C17H16Cl3NO3. The number of halogens is 3. The van der Waals surface area contributed by atoms with Crippen LogP contribution < -0.4 is 14.8 Å². The molecule has 0 heterocycles. The third kappa shape index (κ3) is 4.47. The van der Waals surface area contributed by atoms with Crippen LogP contribution in [0.5, 0.6) is 11.5 Å². The van der Waals surface area contributed by atoms with Gasteiger partial charge in [-0.05, 0) is 44.2 Å². The molecule has 2 aromatic rings. The third-order valence-corrected chi connectivity index (χ3v) is 4.10. The summed E-state index contributed by atoms with van der Waals surface area (Å²) in [5, 5.41) is 3.63. The number of ether oxygens (including phenoxy) is 2. The highest BCUT2D eigenvalue weighted by atomic mass is 35.5. The topological polar surface area (TPSA) is 47.6 Å². The Kier molecular flexibility index (Phi) is 6.60. The van der Waals surface area contributed by atoms with Crippen molar-refractivity contribution < 1.29 is 14.3 Å². The Balaban J connectivity index is 2.26. The van der Waals surface area contributed by atoms with E-state index in [0.717, 1.165) is 0 Å². The summed E-state index contributed by atoms with van der Waals surface area (Å²) < 4.78 is 11.0. The van der Waals surface area contributed by atoms with E-state index in [1.54, 1.807) is 18.2 Å². The van der Waals surface area contributed by atoms with Gasteiger partial charge in [0.25, 0.3) is 5.91 Å². The average Bonchev–Trinajstić information content (AvgIpc) is 2.54. The average molecular weight is 389 g/mol. The molecular weight excluding hydrogens is 373 g/mol. The molecule has 7 heteroatoms. The molecule has 0 bridgehead atoms. The number of benzene rings is 2. The Morgan fingerprint density at radius 2 is 1.54 bits per heavy atom. The molecule has 0 atom stereocenters. The van der Waals surface area contributed by atoms with Gasteiger partial charge in [0.05, 0.1) is 34.0 Å². The Morgan fingerprint density at radius 3 is 2.21 bits per heavy atom. The number of hydrogen-bond donors (Lipinski definition) is 1. The second-order valence-corrected chi connectivity index (χ2v) is 5.95. The van der Waals surface area contributed by atoms with Crippen molar-refractivity contribution in [2.75, 3.05) is 18.5 Å². The highest BCUT2D eigenvalue weighted by Crippen LogP contribution is 2.33. The minimum Gasteiger partial charge on any atom is -0.490 e. The number of amides is 1. The molecule has 4 nitrogen and oxygen atoms in total. The number of hydrogen-bond acceptors (Lipinski definition) is 3. The van der Waals surface area contributed by atoms with Crippen LogP contribution in [-0.4, -0.2) is 19.1 Å². The SMILES string of the molecule is CCOc1ccc(C(=O)Nc2cc(Cl)c(Cl)cc2Cl)cc1OCC. The second kappa shape index (κ2) is 8.47. The van der Waals surface area contributed by atoms with E-state index in [1.807, 2.05) is 13.8 Å². The van der Waals surface area contributed by atoms with Crippen LogP contribution in [0.15, 0.2) is 30.3 Å². The van der Waals surface area contributed by atoms with Gasteiger partial charge in [-0.15, -0.1) is 0 Å². The molecule has 0 radical (unpaired) electrons. The molecule has 24 heavy (non-hydrogen) atoms. The molecule has 0 aliphatic carbocycles. The van der Waals surface area contributed by atoms with Crippen molar-refractivity contribution in [3.05, 3.63) is 51.0 Å². The highest BCUT2D eigenvalue weighted by molar-refractivity contribution is 6.44. The van der Waals surface area contributed by atoms with Gasteiger partial charge in [0.1, 0.15) is 0 Å². The van der Waals surface area contributed by atoms with Crippen LogP contribution in [0.2, 0.25) is 15.1 Å². The van der Waals surface area contributed by atoms with Gasteiger partial charge in [0.15, 0.2) is 11.5 Å². The molecule has 0 aliphatic rings. The maximum absolute atomic E-state index is 12.4. The van der Waals surface area contributed by atoms with E-state index in [1.165, 1.54) is 12.1 Å². The van der Waals surface area contributed by atoms with Crippen molar-refractivity contribution >= 4 is 46.4 Å². The Bertz CT molecular complexity index is 750. The molecule has 0 saturated carbocycles. The zero-order valence-electron chi connectivity index (χ0n) is 13.2. The largest absolute Gasteiger partial charge is 0.490 e. The van der Waals surface area contributed by atoms with Crippen LogP contribution in [0.25, 0.3) is 0 Å². The van der Waals surface area contributed by atoms with Gasteiger partial charge < -0.3 is 14.8 Å². The lowest BCUT2D eigenvalue weighted by atomic mass is 10.1. The summed E-state index contributed by atoms with van der Waals surface area (Å²) >= 11 is 17.9. The van der Waals surface area contributed by atoms with Crippen molar-refractivity contribution in [2.24, 2.45) is 0 Å². The summed E-state index contributed by atoms with van der Waals surface area (Å²) in [4.78, 5) is 12.4. The molecule has 1 N–H and O–H groups in total. The first-order chi connectivity index (χ1) is 11.5. The van der Waals surface area contributed by atoms with Crippen molar-refractivity contribution in [2.45, 2.75) is 13.8 Å². The summed E-state index contributed by atoms with van der Waals surface area (Å²) in [7, 11) is 0. The molecule has 2 rings (SSSR count). The number of nitrogens with one attached hydrogen (secondary N) is 1. The highest BCUT2D eigenvalue weighted by Gasteiger charge is 2.14. The van der Waals surface area contributed by atoms with Gasteiger partial charge in [-0.25, -0.2) is 0 Å². The van der Waals surface area contributed by atoms with E-state index in [2.05, 4.69) is 5.32 Å². The molecule has 0 spiro atoms. The van der Waals surface area contributed by atoms with Gasteiger partial charge >= 0.3 is 0 Å². The lowest BCUT2D eigenvalue weighted by molar-refractivity contribution is 0.102. The number of anilines is 1. The Hall–Kier alpha value is -1.62. The molecule has 0 saturated heterocycles. The van der Waals surface area contributed by atoms with Crippen molar-refractivity contribution in [1.29, 1.82) is 0 Å². The minimum atomic E-state index is -0.348. The smallest absolute Gasteiger partial charge is 0.255 e. The van der Waals surface area contributed by atoms with Crippen molar-refractivity contribution in [3.8, 4) is 11.5 Å². The lowest BCUT2D eigenvalue weighted by Gasteiger charge is -2.13. The fourth-order valence-electron chi connectivity index (χ4n) is 2.01. The van der Waals surface area contributed by atoms with E-state index in [9.17, 15) is 4.79 Å². The predicted octanol–water partition coefficient (Wildman–Crippen LogP) is 5.70. The van der Waals surface area contributed by atoms with Crippen LogP contribution in [-0.2, 0) is 0 Å². The zero-order chi connectivity index (χ0) is 17.7. The first kappa shape index (κ1) is 18.7. The molecule has 0 aliphatic heterocycles. The molecule has 2 aromatic carbocycles. The molecule has 1 amide bonds. The molecule has 0 unspecified atom stereocenters. The van der Waals surface area contributed by atoms with Gasteiger partial charge in [-0.3, -0.25) is 4.79 Å². The maximum Gasteiger partial charge on any atom is 0.255 e. The summed E-state index contributed by atoms with van der Waals surface area (Å²) in [6, 6.07) is 7.94. The van der Waals surface area contributed by atoms with Crippen LogP contribution in [0, 0.1) is 0 Å². The molecule has 0 fully saturated rings. The van der Waals surface area contributed by atoms with E-state index in [-0.39, 0.29) is 5.91 Å². The Morgan fingerprint density at radius 1 is 0.917 bits per heavy atom. The normalized spacial score (nSPS) is 10.4. The standard InChI is InChI=1S/C17H16Cl3NO3/c1-3-23-15-6-5-10(7-16(15)24-4-2)17(22)21-14-9-12(19)11(18)8-13(14)20/h5-9H,3-4H2,1-2H3,(H,21,22). The second-order valence-electron chi connectivity index (χ2n) is 4.73. The quantitative estimate of drug-likeness (QED) is 0.646. The van der Waals surface area contributed by atoms with Crippen molar-refractivity contribution in [3.63, 3.8) is 0 Å². The monoisotopic (exact) mass is 387 g/mol. The van der Waals surface area contributed by atoms with Gasteiger partial charge in [0, 0.05) is 5.56 Å².